The van der Waals surface area contributed by atoms with Crippen molar-refractivity contribution in [2.24, 2.45) is 0 Å². The van der Waals surface area contributed by atoms with Gasteiger partial charge in [-0.3, -0.25) is 14.5 Å². The van der Waals surface area contributed by atoms with Crippen molar-refractivity contribution in [2.45, 2.75) is 0 Å². The number of hydrogen-bond donors (Lipinski definition) is 0. The third kappa shape index (κ3) is 3.10. The standard InChI is InChI=1S/C14H14N2O6S/c17-12(9-15-5-7-23(20,21)8-6-15)22-16-13(18)10-3-1-2-4-11(10)14(16)19/h1-4H,5-9H2. The second-order valence-corrected chi connectivity index (χ2v) is 7.65. The van der Waals surface area contributed by atoms with Crippen LogP contribution in [-0.2, 0) is 19.5 Å². The first-order chi connectivity index (χ1) is 10.9. The first-order valence-corrected chi connectivity index (χ1v) is 8.81. The second kappa shape index (κ2) is 5.74. The Kier molecular flexibility index (Phi) is 3.90. The number of imide groups is 1. The Morgan fingerprint density at radius 1 is 1.04 bits per heavy atom. The van der Waals surface area contributed by atoms with Crippen LogP contribution in [0.4, 0.5) is 0 Å². The van der Waals surface area contributed by atoms with Crippen molar-refractivity contribution in [3.05, 3.63) is 35.4 Å². The Bertz CT molecular complexity index is 739. The molecule has 2 amide bonds. The van der Waals surface area contributed by atoms with E-state index in [0.717, 1.165) is 0 Å². The average molecular weight is 338 g/mol. The molecule has 0 bridgehead atoms. The highest BCUT2D eigenvalue weighted by Gasteiger charge is 2.38. The van der Waals surface area contributed by atoms with Crippen molar-refractivity contribution in [3.8, 4) is 0 Å². The molecule has 0 aliphatic carbocycles. The summed E-state index contributed by atoms with van der Waals surface area (Å²) >= 11 is 0. The van der Waals surface area contributed by atoms with E-state index in [2.05, 4.69) is 0 Å². The van der Waals surface area contributed by atoms with Gasteiger partial charge in [0, 0.05) is 13.1 Å². The first kappa shape index (κ1) is 15.6. The summed E-state index contributed by atoms with van der Waals surface area (Å²) in [4.78, 5) is 42.5. The molecule has 2 aliphatic rings. The van der Waals surface area contributed by atoms with E-state index in [1.54, 1.807) is 17.0 Å². The number of rotatable bonds is 3. The van der Waals surface area contributed by atoms with Crippen molar-refractivity contribution >= 4 is 27.6 Å². The van der Waals surface area contributed by atoms with E-state index in [4.69, 9.17) is 4.84 Å². The summed E-state index contributed by atoms with van der Waals surface area (Å²) in [6, 6.07) is 6.20. The lowest BCUT2D eigenvalue weighted by Gasteiger charge is -2.25. The minimum absolute atomic E-state index is 0.0205. The molecule has 0 N–H and O–H groups in total. The third-order valence-corrected chi connectivity index (χ3v) is 5.35. The normalized spacial score (nSPS) is 20.4. The summed E-state index contributed by atoms with van der Waals surface area (Å²) in [7, 11) is -3.04. The first-order valence-electron chi connectivity index (χ1n) is 6.99. The van der Waals surface area contributed by atoms with Gasteiger partial charge in [-0.15, -0.1) is 0 Å². The summed E-state index contributed by atoms with van der Waals surface area (Å²) < 4.78 is 22.7. The van der Waals surface area contributed by atoms with E-state index in [1.807, 2.05) is 0 Å². The lowest BCUT2D eigenvalue weighted by atomic mass is 10.1. The molecule has 0 atom stereocenters. The summed E-state index contributed by atoms with van der Waals surface area (Å²) in [5.74, 6) is -2.18. The minimum Gasteiger partial charge on any atom is -0.328 e. The van der Waals surface area contributed by atoms with Crippen molar-refractivity contribution in [1.82, 2.24) is 9.96 Å². The van der Waals surface area contributed by atoms with E-state index >= 15 is 0 Å². The maximum Gasteiger partial charge on any atom is 0.347 e. The number of nitrogens with zero attached hydrogens (tertiary/aromatic N) is 2. The average Bonchev–Trinajstić information content (AvgIpc) is 2.75. The fraction of sp³-hybridized carbons (Fsp3) is 0.357. The number of amides is 2. The Balaban J connectivity index is 1.61. The van der Waals surface area contributed by atoms with Gasteiger partial charge in [-0.1, -0.05) is 17.2 Å². The summed E-state index contributed by atoms with van der Waals surface area (Å²) in [5.41, 5.74) is 0.378. The van der Waals surface area contributed by atoms with E-state index in [9.17, 15) is 22.8 Å². The number of hydroxylamine groups is 2. The molecule has 2 heterocycles. The zero-order valence-electron chi connectivity index (χ0n) is 12.1. The molecule has 9 heteroatoms. The van der Waals surface area contributed by atoms with Crippen LogP contribution < -0.4 is 0 Å². The van der Waals surface area contributed by atoms with Crippen molar-refractivity contribution in [3.63, 3.8) is 0 Å². The molecule has 8 nitrogen and oxygen atoms in total. The smallest absolute Gasteiger partial charge is 0.328 e. The number of sulfone groups is 1. The van der Waals surface area contributed by atoms with Crippen LogP contribution in [0.1, 0.15) is 20.7 Å². The van der Waals surface area contributed by atoms with Gasteiger partial charge in [-0.05, 0) is 12.1 Å². The maximum absolute atomic E-state index is 12.1. The zero-order chi connectivity index (χ0) is 16.6. The lowest BCUT2D eigenvalue weighted by molar-refractivity contribution is -0.169. The van der Waals surface area contributed by atoms with Crippen molar-refractivity contribution in [2.75, 3.05) is 31.1 Å². The molecular weight excluding hydrogens is 324 g/mol. The summed E-state index contributed by atoms with van der Waals surface area (Å²) in [5, 5.41) is 0.452. The van der Waals surface area contributed by atoms with Gasteiger partial charge in [0.15, 0.2) is 9.84 Å². The van der Waals surface area contributed by atoms with Crippen LogP contribution in [0.3, 0.4) is 0 Å². The third-order valence-electron chi connectivity index (χ3n) is 3.74. The number of benzene rings is 1. The molecule has 2 aliphatic heterocycles. The van der Waals surface area contributed by atoms with Crippen LogP contribution in [0, 0.1) is 0 Å². The van der Waals surface area contributed by atoms with Crippen LogP contribution in [-0.4, -0.2) is 67.3 Å². The molecular formula is C14H14N2O6S. The van der Waals surface area contributed by atoms with Crippen LogP contribution in [0.25, 0.3) is 0 Å². The molecule has 0 aromatic heterocycles. The fourth-order valence-electron chi connectivity index (χ4n) is 2.47. The Labute approximate surface area is 132 Å². The Hall–Kier alpha value is -2.26. The molecule has 0 unspecified atom stereocenters. The van der Waals surface area contributed by atoms with Gasteiger partial charge in [0.1, 0.15) is 0 Å². The van der Waals surface area contributed by atoms with Gasteiger partial charge in [0.05, 0.1) is 29.2 Å². The Morgan fingerprint density at radius 3 is 2.09 bits per heavy atom. The van der Waals surface area contributed by atoms with E-state index < -0.39 is 27.6 Å². The highest BCUT2D eigenvalue weighted by atomic mass is 32.2. The van der Waals surface area contributed by atoms with Crippen LogP contribution in [0.2, 0.25) is 0 Å². The van der Waals surface area contributed by atoms with E-state index in [0.29, 0.717) is 5.06 Å². The molecule has 0 spiro atoms. The topological polar surface area (TPSA) is 101 Å². The molecule has 0 saturated carbocycles. The van der Waals surface area contributed by atoms with Gasteiger partial charge < -0.3 is 4.84 Å². The quantitative estimate of drug-likeness (QED) is 0.683. The van der Waals surface area contributed by atoms with Crippen LogP contribution >= 0.6 is 0 Å². The SMILES string of the molecule is O=C(CN1CCS(=O)(=O)CC1)ON1C(=O)c2ccccc2C1=O. The molecule has 122 valence electrons. The van der Waals surface area contributed by atoms with E-state index in [1.165, 1.54) is 12.1 Å². The van der Waals surface area contributed by atoms with Gasteiger partial charge in [0.2, 0.25) is 0 Å². The molecule has 0 radical (unpaired) electrons. The molecule has 1 aromatic carbocycles. The summed E-state index contributed by atoms with van der Waals surface area (Å²) in [6.45, 7) is 0.266. The number of hydrogen-bond acceptors (Lipinski definition) is 7. The molecule has 1 fully saturated rings. The van der Waals surface area contributed by atoms with Gasteiger partial charge in [-0.2, -0.15) is 0 Å². The number of carbonyl (C=O) groups is 3. The second-order valence-electron chi connectivity index (χ2n) is 5.34. The fourth-order valence-corrected chi connectivity index (χ4v) is 3.75. The predicted octanol–water partition coefficient (Wildman–Crippen LogP) is -0.529. The van der Waals surface area contributed by atoms with Crippen molar-refractivity contribution < 1.29 is 27.6 Å². The van der Waals surface area contributed by atoms with Gasteiger partial charge in [0.25, 0.3) is 11.8 Å². The predicted molar refractivity (Wildman–Crippen MR) is 78.1 cm³/mol. The molecule has 3 rings (SSSR count). The van der Waals surface area contributed by atoms with Crippen molar-refractivity contribution in [1.29, 1.82) is 0 Å². The number of carbonyl (C=O) groups excluding carboxylic acids is 3. The van der Waals surface area contributed by atoms with Crippen LogP contribution in [0.15, 0.2) is 24.3 Å². The lowest BCUT2D eigenvalue weighted by Crippen LogP contribution is -2.44. The molecule has 1 aromatic rings. The van der Waals surface area contributed by atoms with E-state index in [-0.39, 0.29) is 42.3 Å². The van der Waals surface area contributed by atoms with Gasteiger partial charge >= 0.3 is 5.97 Å². The highest BCUT2D eigenvalue weighted by Crippen LogP contribution is 2.22. The van der Waals surface area contributed by atoms with Crippen LogP contribution in [0.5, 0.6) is 0 Å². The highest BCUT2D eigenvalue weighted by molar-refractivity contribution is 7.91. The molecule has 1 saturated heterocycles. The minimum atomic E-state index is -3.04. The monoisotopic (exact) mass is 338 g/mol. The largest absolute Gasteiger partial charge is 0.347 e. The Morgan fingerprint density at radius 2 is 1.57 bits per heavy atom. The zero-order valence-corrected chi connectivity index (χ0v) is 12.9. The summed E-state index contributed by atoms with van der Waals surface area (Å²) in [6.07, 6.45) is 0. The molecule has 23 heavy (non-hydrogen) atoms. The number of fused-ring (bicyclic) bond motifs is 1. The van der Waals surface area contributed by atoms with Gasteiger partial charge in [-0.25, -0.2) is 13.2 Å². The maximum atomic E-state index is 12.1.